The molecule has 0 atom stereocenters. The van der Waals surface area contributed by atoms with E-state index >= 15 is 0 Å². The summed E-state index contributed by atoms with van der Waals surface area (Å²) in [4.78, 5) is 26.4. The highest BCUT2D eigenvalue weighted by Crippen LogP contribution is 2.18. The normalized spacial score (nSPS) is 21.8. The van der Waals surface area contributed by atoms with E-state index in [1.165, 1.54) is 0 Å². The minimum atomic E-state index is -0.749. The number of carboxylic acid groups (broad SMARTS) is 1. The van der Waals surface area contributed by atoms with E-state index in [1.54, 1.807) is 0 Å². The van der Waals surface area contributed by atoms with Crippen LogP contribution in [0.4, 0.5) is 0 Å². The van der Waals surface area contributed by atoms with E-state index in [2.05, 4.69) is 15.1 Å². The number of nitrogens with zero attached hydrogens (tertiary/aromatic N) is 2. The number of hydrogen-bond acceptors (Lipinski definition) is 4. The van der Waals surface area contributed by atoms with Gasteiger partial charge in [-0.1, -0.05) is 0 Å². The van der Waals surface area contributed by atoms with Gasteiger partial charge in [-0.2, -0.15) is 0 Å². The summed E-state index contributed by atoms with van der Waals surface area (Å²) >= 11 is 0. The Morgan fingerprint density at radius 3 is 2.28 bits per heavy atom. The minimum absolute atomic E-state index is 0.122. The molecule has 2 fully saturated rings. The molecule has 0 unspecified atom stereocenters. The molecule has 0 spiro atoms. The summed E-state index contributed by atoms with van der Waals surface area (Å²) in [5, 5.41) is 11.6. The van der Waals surface area contributed by atoms with Crippen LogP contribution in [0.2, 0.25) is 0 Å². The van der Waals surface area contributed by atoms with Crippen molar-refractivity contribution in [3.05, 3.63) is 0 Å². The summed E-state index contributed by atoms with van der Waals surface area (Å²) in [5.74, 6) is -0.627. The summed E-state index contributed by atoms with van der Waals surface area (Å²) < 4.78 is 0. The summed E-state index contributed by atoms with van der Waals surface area (Å²) in [5.41, 5.74) is 0. The van der Waals surface area contributed by atoms with Crippen molar-refractivity contribution in [2.75, 3.05) is 39.3 Å². The molecule has 102 valence electrons. The second-order valence-electron chi connectivity index (χ2n) is 5.10. The van der Waals surface area contributed by atoms with Gasteiger partial charge < -0.3 is 15.3 Å². The molecule has 0 aromatic carbocycles. The van der Waals surface area contributed by atoms with Crippen molar-refractivity contribution < 1.29 is 14.7 Å². The Labute approximate surface area is 107 Å². The van der Waals surface area contributed by atoms with Gasteiger partial charge in [0.05, 0.1) is 13.0 Å². The number of aliphatic carboxylic acids is 1. The molecule has 1 saturated carbocycles. The van der Waals surface area contributed by atoms with E-state index < -0.39 is 5.97 Å². The second kappa shape index (κ2) is 6.15. The van der Waals surface area contributed by atoms with Gasteiger partial charge in [0.25, 0.3) is 0 Å². The number of carboxylic acids is 1. The van der Waals surface area contributed by atoms with Crippen LogP contribution in [0, 0.1) is 0 Å². The van der Waals surface area contributed by atoms with Gasteiger partial charge in [0, 0.05) is 38.8 Å². The number of piperazine rings is 1. The maximum Gasteiger partial charge on any atom is 0.304 e. The molecule has 1 aliphatic heterocycles. The maximum absolute atomic E-state index is 11.6. The zero-order valence-electron chi connectivity index (χ0n) is 10.6. The highest BCUT2D eigenvalue weighted by molar-refractivity contribution is 5.78. The van der Waals surface area contributed by atoms with Crippen LogP contribution in [0.1, 0.15) is 19.3 Å². The lowest BCUT2D eigenvalue weighted by Crippen LogP contribution is -2.49. The lowest BCUT2D eigenvalue weighted by molar-refractivity contribution is -0.137. The van der Waals surface area contributed by atoms with Crippen LogP contribution in [-0.4, -0.2) is 72.1 Å². The third-order valence-corrected chi connectivity index (χ3v) is 3.42. The third-order valence-electron chi connectivity index (χ3n) is 3.42. The SMILES string of the molecule is O=C(O)CCN1CCN(CC(=O)NC2CC2)CC1. The van der Waals surface area contributed by atoms with Gasteiger partial charge in [-0.3, -0.25) is 14.5 Å². The molecular formula is C12H21N3O3. The van der Waals surface area contributed by atoms with E-state index in [9.17, 15) is 9.59 Å². The van der Waals surface area contributed by atoms with Crippen molar-refractivity contribution in [2.24, 2.45) is 0 Å². The number of hydrogen-bond donors (Lipinski definition) is 2. The van der Waals surface area contributed by atoms with E-state index in [0.717, 1.165) is 39.0 Å². The van der Waals surface area contributed by atoms with Gasteiger partial charge in [0.15, 0.2) is 0 Å². The molecule has 0 bridgehead atoms. The van der Waals surface area contributed by atoms with Gasteiger partial charge in [0.1, 0.15) is 0 Å². The van der Waals surface area contributed by atoms with Gasteiger partial charge in [-0.05, 0) is 12.8 Å². The Kier molecular flexibility index (Phi) is 4.54. The molecule has 0 aromatic heterocycles. The number of carbonyl (C=O) groups excluding carboxylic acids is 1. The molecule has 2 N–H and O–H groups in total. The highest BCUT2D eigenvalue weighted by atomic mass is 16.4. The number of rotatable bonds is 6. The standard InChI is InChI=1S/C12H21N3O3/c16-11(13-10-1-2-10)9-15-7-5-14(6-8-15)4-3-12(17)18/h10H,1-9H2,(H,13,16)(H,17,18). The first kappa shape index (κ1) is 13.3. The fourth-order valence-corrected chi connectivity index (χ4v) is 2.13. The third kappa shape index (κ3) is 4.62. The van der Waals surface area contributed by atoms with E-state index in [1.807, 2.05) is 0 Å². The summed E-state index contributed by atoms with van der Waals surface area (Å²) in [6.45, 7) is 4.48. The van der Waals surface area contributed by atoms with Gasteiger partial charge in [0.2, 0.25) is 5.91 Å². The summed E-state index contributed by atoms with van der Waals surface area (Å²) in [6, 6.07) is 0.425. The van der Waals surface area contributed by atoms with Crippen molar-refractivity contribution >= 4 is 11.9 Å². The predicted octanol–water partition coefficient (Wildman–Crippen LogP) is -0.643. The molecule has 2 aliphatic rings. The van der Waals surface area contributed by atoms with Crippen molar-refractivity contribution in [3.8, 4) is 0 Å². The number of carbonyl (C=O) groups is 2. The largest absolute Gasteiger partial charge is 0.481 e. The van der Waals surface area contributed by atoms with Crippen molar-refractivity contribution in [1.82, 2.24) is 15.1 Å². The van der Waals surface area contributed by atoms with Crippen molar-refractivity contribution in [3.63, 3.8) is 0 Å². The molecular weight excluding hydrogens is 234 g/mol. The first-order valence-corrected chi connectivity index (χ1v) is 6.59. The lowest BCUT2D eigenvalue weighted by atomic mass is 10.3. The Morgan fingerprint density at radius 1 is 1.11 bits per heavy atom. The van der Waals surface area contributed by atoms with Crippen LogP contribution < -0.4 is 5.32 Å². The molecule has 2 rings (SSSR count). The van der Waals surface area contributed by atoms with Gasteiger partial charge >= 0.3 is 5.97 Å². The zero-order valence-corrected chi connectivity index (χ0v) is 10.6. The van der Waals surface area contributed by atoms with Gasteiger partial charge in [-0.25, -0.2) is 0 Å². The van der Waals surface area contributed by atoms with Crippen LogP contribution in [0.5, 0.6) is 0 Å². The Hall–Kier alpha value is -1.14. The van der Waals surface area contributed by atoms with Crippen LogP contribution in [0.3, 0.4) is 0 Å². The summed E-state index contributed by atoms with van der Waals surface area (Å²) in [6.07, 6.45) is 2.44. The van der Waals surface area contributed by atoms with Crippen LogP contribution >= 0.6 is 0 Å². The quantitative estimate of drug-likeness (QED) is 0.660. The molecule has 6 nitrogen and oxygen atoms in total. The average Bonchev–Trinajstić information content (AvgIpc) is 3.12. The smallest absolute Gasteiger partial charge is 0.304 e. The molecule has 1 amide bonds. The average molecular weight is 255 g/mol. The fourth-order valence-electron chi connectivity index (χ4n) is 2.13. The van der Waals surface area contributed by atoms with Crippen LogP contribution in [0.15, 0.2) is 0 Å². The number of amides is 1. The lowest BCUT2D eigenvalue weighted by Gasteiger charge is -2.33. The molecule has 0 aromatic rings. The first-order valence-electron chi connectivity index (χ1n) is 6.59. The molecule has 1 aliphatic carbocycles. The monoisotopic (exact) mass is 255 g/mol. The van der Waals surface area contributed by atoms with Crippen LogP contribution in [0.25, 0.3) is 0 Å². The minimum Gasteiger partial charge on any atom is -0.481 e. The number of nitrogens with one attached hydrogen (secondary N) is 1. The molecule has 6 heteroatoms. The van der Waals surface area contributed by atoms with Crippen molar-refractivity contribution in [2.45, 2.75) is 25.3 Å². The Bertz CT molecular complexity index is 310. The van der Waals surface area contributed by atoms with Gasteiger partial charge in [-0.15, -0.1) is 0 Å². The maximum atomic E-state index is 11.6. The second-order valence-corrected chi connectivity index (χ2v) is 5.10. The van der Waals surface area contributed by atoms with Crippen LogP contribution in [-0.2, 0) is 9.59 Å². The fraction of sp³-hybridized carbons (Fsp3) is 0.833. The summed E-state index contributed by atoms with van der Waals surface area (Å²) in [7, 11) is 0. The molecule has 1 saturated heterocycles. The van der Waals surface area contributed by atoms with Crippen molar-refractivity contribution in [1.29, 1.82) is 0 Å². The zero-order chi connectivity index (χ0) is 13.0. The molecule has 1 heterocycles. The highest BCUT2D eigenvalue weighted by Gasteiger charge is 2.25. The van der Waals surface area contributed by atoms with E-state index in [4.69, 9.17) is 5.11 Å². The molecule has 0 radical (unpaired) electrons. The van der Waals surface area contributed by atoms with E-state index in [-0.39, 0.29) is 12.3 Å². The Morgan fingerprint density at radius 2 is 1.72 bits per heavy atom. The topological polar surface area (TPSA) is 72.9 Å². The predicted molar refractivity (Wildman–Crippen MR) is 66.3 cm³/mol. The molecule has 18 heavy (non-hydrogen) atoms. The first-order chi connectivity index (χ1) is 8.63. The van der Waals surface area contributed by atoms with E-state index in [0.29, 0.717) is 19.1 Å². The Balaban J connectivity index is 1.60.